The second kappa shape index (κ2) is 8.62. The lowest BCUT2D eigenvalue weighted by atomic mass is 10.1. The van der Waals surface area contributed by atoms with Gasteiger partial charge in [-0.2, -0.15) is 0 Å². The van der Waals surface area contributed by atoms with Crippen LogP contribution in [0.5, 0.6) is 5.75 Å². The zero-order chi connectivity index (χ0) is 24.8. The normalized spacial score (nSPS) is 13.4. The Kier molecular flexibility index (Phi) is 5.27. The number of aliphatic hydroxyl groups excluding tert-OH is 1. The summed E-state index contributed by atoms with van der Waals surface area (Å²) in [7, 11) is 0. The van der Waals surface area contributed by atoms with Gasteiger partial charge < -0.3 is 15.2 Å². The lowest BCUT2D eigenvalue weighted by molar-refractivity contribution is -0.127. The van der Waals surface area contributed by atoms with Crippen LogP contribution < -0.4 is 15.6 Å². The van der Waals surface area contributed by atoms with Gasteiger partial charge in [-0.15, -0.1) is 0 Å². The van der Waals surface area contributed by atoms with Gasteiger partial charge in [0.05, 0.1) is 22.7 Å². The summed E-state index contributed by atoms with van der Waals surface area (Å²) >= 11 is 0. The zero-order valence-corrected chi connectivity index (χ0v) is 19.5. The zero-order valence-electron chi connectivity index (χ0n) is 19.5. The molecule has 6 rings (SSSR count). The summed E-state index contributed by atoms with van der Waals surface area (Å²) in [5, 5.41) is 16.2. The number of hydrogen-bond donors (Lipinski definition) is 2. The summed E-state index contributed by atoms with van der Waals surface area (Å²) in [6.07, 6.45) is 0.164. The van der Waals surface area contributed by atoms with Crippen LogP contribution in [0.25, 0.3) is 38.1 Å². The number of aromatic nitrogens is 2. The molecule has 178 valence electrons. The van der Waals surface area contributed by atoms with E-state index in [0.717, 1.165) is 38.3 Å². The molecule has 36 heavy (non-hydrogen) atoms. The molecule has 0 aliphatic carbocycles. The average Bonchev–Trinajstić information content (AvgIpc) is 3.25. The van der Waals surface area contributed by atoms with Gasteiger partial charge in [0.2, 0.25) is 0 Å². The van der Waals surface area contributed by atoms with Gasteiger partial charge in [-0.3, -0.25) is 19.0 Å². The second-order valence-electron chi connectivity index (χ2n) is 8.85. The van der Waals surface area contributed by atoms with Gasteiger partial charge in [0.25, 0.3) is 11.5 Å². The van der Waals surface area contributed by atoms with Crippen LogP contribution in [0.3, 0.4) is 0 Å². The quantitative estimate of drug-likeness (QED) is 0.351. The topological polar surface area (TPSA) is 92.9 Å². The van der Waals surface area contributed by atoms with Crippen molar-refractivity contribution in [1.29, 1.82) is 0 Å². The fourth-order valence-corrected chi connectivity index (χ4v) is 4.81. The number of rotatable bonds is 6. The molecule has 0 saturated heterocycles. The molecule has 0 fully saturated rings. The molecule has 7 heteroatoms. The Morgan fingerprint density at radius 2 is 1.72 bits per heavy atom. The van der Waals surface area contributed by atoms with E-state index in [1.54, 1.807) is 23.6 Å². The van der Waals surface area contributed by atoms with Crippen LogP contribution in [0.2, 0.25) is 0 Å². The monoisotopic (exact) mass is 477 g/mol. The van der Waals surface area contributed by atoms with Gasteiger partial charge in [0.1, 0.15) is 5.75 Å². The summed E-state index contributed by atoms with van der Waals surface area (Å²) in [4.78, 5) is 30.6. The first-order chi connectivity index (χ1) is 17.5. The molecule has 0 spiro atoms. The number of benzene rings is 3. The Balaban J connectivity index is 1.31. The molecule has 2 atom stereocenters. The van der Waals surface area contributed by atoms with E-state index in [4.69, 9.17) is 4.74 Å². The van der Waals surface area contributed by atoms with E-state index in [-0.39, 0.29) is 18.0 Å². The highest BCUT2D eigenvalue weighted by Crippen LogP contribution is 2.34. The first-order valence-electron chi connectivity index (χ1n) is 11.8. The lowest BCUT2D eigenvalue weighted by Gasteiger charge is -2.17. The van der Waals surface area contributed by atoms with Crippen molar-refractivity contribution in [1.82, 2.24) is 14.7 Å². The maximum absolute atomic E-state index is 13.4. The molecule has 0 unspecified atom stereocenters. The van der Waals surface area contributed by atoms with E-state index < -0.39 is 12.2 Å². The maximum atomic E-state index is 13.4. The number of fused-ring (bicyclic) bond motifs is 5. The molecular weight excluding hydrogens is 454 g/mol. The van der Waals surface area contributed by atoms with Gasteiger partial charge >= 0.3 is 0 Å². The van der Waals surface area contributed by atoms with Crippen LogP contribution in [0.15, 0.2) is 89.9 Å². The van der Waals surface area contributed by atoms with Crippen molar-refractivity contribution in [2.45, 2.75) is 19.1 Å². The Labute approximate surface area is 205 Å². The fourth-order valence-electron chi connectivity index (χ4n) is 4.81. The second-order valence-corrected chi connectivity index (χ2v) is 8.85. The SMILES string of the molecule is C[C@H](Oc1ccc2c(c1)c1ccnc3c4ccccc4c(=O)n2c13)C(=O)NC[C@H](O)c1ccccc1. The lowest BCUT2D eigenvalue weighted by Crippen LogP contribution is -2.38. The average molecular weight is 478 g/mol. The Morgan fingerprint density at radius 1 is 0.972 bits per heavy atom. The van der Waals surface area contributed by atoms with Crippen LogP contribution in [0, 0.1) is 0 Å². The Hall–Kier alpha value is -4.49. The van der Waals surface area contributed by atoms with Crippen molar-refractivity contribution in [2.24, 2.45) is 0 Å². The Bertz CT molecular complexity index is 1800. The molecule has 6 aromatic rings. The number of ether oxygens (including phenoxy) is 1. The van der Waals surface area contributed by atoms with Crippen molar-refractivity contribution in [2.75, 3.05) is 6.54 Å². The molecule has 1 amide bonds. The molecule has 0 aliphatic heterocycles. The number of carbonyl (C=O) groups is 1. The number of pyridine rings is 2. The summed E-state index contributed by atoms with van der Waals surface area (Å²) in [6.45, 7) is 1.75. The molecule has 0 radical (unpaired) electrons. The van der Waals surface area contributed by atoms with Crippen LogP contribution in [-0.4, -0.2) is 33.0 Å². The van der Waals surface area contributed by atoms with E-state index in [1.807, 2.05) is 72.8 Å². The number of hydrogen-bond acceptors (Lipinski definition) is 5. The van der Waals surface area contributed by atoms with Crippen molar-refractivity contribution >= 4 is 44.0 Å². The van der Waals surface area contributed by atoms with E-state index in [1.165, 1.54) is 0 Å². The van der Waals surface area contributed by atoms with E-state index in [0.29, 0.717) is 11.1 Å². The molecule has 7 nitrogen and oxygen atoms in total. The third-order valence-corrected chi connectivity index (χ3v) is 6.60. The third kappa shape index (κ3) is 3.52. The highest BCUT2D eigenvalue weighted by molar-refractivity contribution is 6.18. The number of amides is 1. The van der Waals surface area contributed by atoms with Crippen molar-refractivity contribution in [3.63, 3.8) is 0 Å². The van der Waals surface area contributed by atoms with E-state index >= 15 is 0 Å². The third-order valence-electron chi connectivity index (χ3n) is 6.60. The van der Waals surface area contributed by atoms with Gasteiger partial charge in [-0.1, -0.05) is 48.5 Å². The number of nitrogens with zero attached hydrogens (tertiary/aromatic N) is 2. The fraction of sp³-hybridized carbons (Fsp3) is 0.138. The minimum absolute atomic E-state index is 0.0848. The minimum Gasteiger partial charge on any atom is -0.481 e. The number of nitrogens with one attached hydrogen (secondary N) is 1. The Morgan fingerprint density at radius 3 is 2.53 bits per heavy atom. The van der Waals surface area contributed by atoms with Crippen LogP contribution in [0.4, 0.5) is 0 Å². The number of carbonyl (C=O) groups excluding carboxylic acids is 1. The summed E-state index contributed by atoms with van der Waals surface area (Å²) < 4.78 is 7.65. The van der Waals surface area contributed by atoms with Crippen LogP contribution >= 0.6 is 0 Å². The predicted molar refractivity (Wildman–Crippen MR) is 140 cm³/mol. The van der Waals surface area contributed by atoms with Gasteiger partial charge in [0.15, 0.2) is 6.10 Å². The van der Waals surface area contributed by atoms with Crippen molar-refractivity contribution in [3.05, 3.63) is 101 Å². The largest absolute Gasteiger partial charge is 0.481 e. The number of aliphatic hydroxyl groups is 1. The molecule has 3 aromatic heterocycles. The molecule has 3 aromatic carbocycles. The standard InChI is InChI=1S/C29H23N3O4/c1-17(28(34)31-16-25(33)18-7-3-2-4-8-18)36-19-11-12-24-23(15-19)21-13-14-30-26-20-9-5-6-10-22(20)29(35)32(24)27(21)26/h2-15,17,25,33H,16H2,1H3,(H,31,34)/t17-,25-/m0/s1. The molecular formula is C29H23N3O4. The minimum atomic E-state index is -0.802. The molecule has 0 bridgehead atoms. The first-order valence-corrected chi connectivity index (χ1v) is 11.8. The highest BCUT2D eigenvalue weighted by Gasteiger charge is 2.20. The predicted octanol–water partition coefficient (Wildman–Crippen LogP) is 4.21. The van der Waals surface area contributed by atoms with Crippen molar-refractivity contribution in [3.8, 4) is 5.75 Å². The van der Waals surface area contributed by atoms with Crippen LogP contribution in [0.1, 0.15) is 18.6 Å². The first kappa shape index (κ1) is 22.0. The molecule has 0 aliphatic rings. The van der Waals surface area contributed by atoms with Gasteiger partial charge in [-0.05, 0) is 42.8 Å². The maximum Gasteiger partial charge on any atom is 0.263 e. The van der Waals surface area contributed by atoms with Crippen molar-refractivity contribution < 1.29 is 14.6 Å². The molecule has 3 heterocycles. The summed E-state index contributed by atoms with van der Waals surface area (Å²) in [5.41, 5.74) is 2.94. The summed E-state index contributed by atoms with van der Waals surface area (Å²) in [5.74, 6) is 0.179. The van der Waals surface area contributed by atoms with Gasteiger partial charge in [-0.25, -0.2) is 0 Å². The van der Waals surface area contributed by atoms with Crippen LogP contribution in [-0.2, 0) is 4.79 Å². The smallest absolute Gasteiger partial charge is 0.263 e. The van der Waals surface area contributed by atoms with Gasteiger partial charge in [0, 0.05) is 34.3 Å². The van der Waals surface area contributed by atoms with E-state index in [2.05, 4.69) is 10.3 Å². The molecule has 0 saturated carbocycles. The summed E-state index contributed by atoms with van der Waals surface area (Å²) in [6, 6.07) is 24.0. The molecule has 2 N–H and O–H groups in total. The van der Waals surface area contributed by atoms with E-state index in [9.17, 15) is 14.7 Å². The highest BCUT2D eigenvalue weighted by atomic mass is 16.5.